The van der Waals surface area contributed by atoms with Crippen LogP contribution in [0.4, 0.5) is 0 Å². The van der Waals surface area contributed by atoms with Crippen LogP contribution in [0.2, 0.25) is 0 Å². The average Bonchev–Trinajstić information content (AvgIpc) is 2.89. The SMILES string of the molecule is N=C(N)C1C=CC=CO1.c1ncc2[nH]cnc2n1. The van der Waals surface area contributed by atoms with E-state index in [0.717, 1.165) is 5.52 Å². The minimum absolute atomic E-state index is 0.0376. The molecule has 0 bridgehead atoms. The van der Waals surface area contributed by atoms with E-state index < -0.39 is 0 Å². The molecule has 0 amide bonds. The van der Waals surface area contributed by atoms with E-state index in [9.17, 15) is 0 Å². The minimum atomic E-state index is -0.352. The van der Waals surface area contributed by atoms with Crippen LogP contribution in [0.25, 0.3) is 11.2 Å². The highest BCUT2D eigenvalue weighted by Gasteiger charge is 2.07. The third kappa shape index (κ3) is 2.91. The summed E-state index contributed by atoms with van der Waals surface area (Å²) < 4.78 is 4.92. The second-order valence-electron chi connectivity index (χ2n) is 3.39. The van der Waals surface area contributed by atoms with Gasteiger partial charge in [-0.1, -0.05) is 6.08 Å². The lowest BCUT2D eigenvalue weighted by Crippen LogP contribution is -2.27. The van der Waals surface area contributed by atoms with Gasteiger partial charge in [0.05, 0.1) is 18.8 Å². The van der Waals surface area contributed by atoms with Gasteiger partial charge in [0.15, 0.2) is 11.8 Å². The van der Waals surface area contributed by atoms with Crippen molar-refractivity contribution in [3.05, 3.63) is 43.3 Å². The molecule has 1 unspecified atom stereocenters. The van der Waals surface area contributed by atoms with E-state index in [1.165, 1.54) is 12.6 Å². The molecule has 0 saturated heterocycles. The lowest BCUT2D eigenvalue weighted by molar-refractivity contribution is 0.237. The average molecular weight is 244 g/mol. The molecule has 3 rings (SSSR count). The molecule has 0 saturated carbocycles. The zero-order valence-corrected chi connectivity index (χ0v) is 9.45. The van der Waals surface area contributed by atoms with Crippen molar-refractivity contribution in [1.29, 1.82) is 5.41 Å². The maximum Gasteiger partial charge on any atom is 0.180 e. The van der Waals surface area contributed by atoms with Crippen molar-refractivity contribution in [1.82, 2.24) is 19.9 Å². The van der Waals surface area contributed by atoms with Crippen molar-refractivity contribution >= 4 is 17.0 Å². The molecule has 1 atom stereocenters. The summed E-state index contributed by atoms with van der Waals surface area (Å²) in [7, 11) is 0. The molecule has 0 aromatic carbocycles. The fraction of sp³-hybridized carbons (Fsp3) is 0.0909. The Labute approximate surface area is 103 Å². The van der Waals surface area contributed by atoms with Crippen molar-refractivity contribution in [2.45, 2.75) is 6.10 Å². The van der Waals surface area contributed by atoms with Gasteiger partial charge >= 0.3 is 0 Å². The smallest absolute Gasteiger partial charge is 0.180 e. The number of nitrogens with zero attached hydrogens (tertiary/aromatic N) is 3. The molecule has 92 valence electrons. The molecule has 7 heteroatoms. The first kappa shape index (κ1) is 11.8. The van der Waals surface area contributed by atoms with Crippen LogP contribution in [0, 0.1) is 5.41 Å². The highest BCUT2D eigenvalue weighted by atomic mass is 16.5. The summed E-state index contributed by atoms with van der Waals surface area (Å²) in [6, 6.07) is 0. The van der Waals surface area contributed by atoms with Gasteiger partial charge < -0.3 is 15.5 Å². The second kappa shape index (κ2) is 5.58. The van der Waals surface area contributed by atoms with E-state index >= 15 is 0 Å². The van der Waals surface area contributed by atoms with E-state index in [1.54, 1.807) is 30.8 Å². The number of hydrogen-bond donors (Lipinski definition) is 3. The number of fused-ring (bicyclic) bond motifs is 1. The topological polar surface area (TPSA) is 114 Å². The van der Waals surface area contributed by atoms with Crippen molar-refractivity contribution in [3.63, 3.8) is 0 Å². The molecule has 0 aliphatic carbocycles. The van der Waals surface area contributed by atoms with Gasteiger partial charge in [0.1, 0.15) is 17.7 Å². The summed E-state index contributed by atoms with van der Waals surface area (Å²) in [6.45, 7) is 0. The molecule has 0 fully saturated rings. The zero-order chi connectivity index (χ0) is 12.8. The fourth-order valence-electron chi connectivity index (χ4n) is 1.25. The Bertz CT molecular complexity index is 558. The summed E-state index contributed by atoms with van der Waals surface area (Å²) in [4.78, 5) is 14.5. The quantitative estimate of drug-likeness (QED) is 0.505. The molecule has 7 nitrogen and oxygen atoms in total. The molecule has 3 heterocycles. The van der Waals surface area contributed by atoms with Gasteiger partial charge in [0, 0.05) is 0 Å². The summed E-state index contributed by atoms with van der Waals surface area (Å²) in [5, 5.41) is 6.96. The number of imidazole rings is 1. The third-order valence-corrected chi connectivity index (χ3v) is 2.11. The van der Waals surface area contributed by atoms with Crippen LogP contribution in [-0.4, -0.2) is 31.9 Å². The molecule has 2 aromatic rings. The number of ether oxygens (including phenoxy) is 1. The Balaban J connectivity index is 0.000000134. The van der Waals surface area contributed by atoms with Gasteiger partial charge in [0.25, 0.3) is 0 Å². The second-order valence-corrected chi connectivity index (χ2v) is 3.39. The van der Waals surface area contributed by atoms with Gasteiger partial charge in [0.2, 0.25) is 0 Å². The van der Waals surface area contributed by atoms with Crippen LogP contribution >= 0.6 is 0 Å². The van der Waals surface area contributed by atoms with Gasteiger partial charge in [-0.15, -0.1) is 0 Å². The number of amidine groups is 1. The highest BCUT2D eigenvalue weighted by molar-refractivity contribution is 5.83. The van der Waals surface area contributed by atoms with Gasteiger partial charge in [-0.2, -0.15) is 0 Å². The predicted molar refractivity (Wildman–Crippen MR) is 66.8 cm³/mol. The fourth-order valence-corrected chi connectivity index (χ4v) is 1.25. The van der Waals surface area contributed by atoms with Crippen LogP contribution in [0.15, 0.2) is 43.3 Å². The molecule has 0 spiro atoms. The van der Waals surface area contributed by atoms with Crippen LogP contribution in [0.1, 0.15) is 0 Å². The van der Waals surface area contributed by atoms with Crippen molar-refractivity contribution in [2.24, 2.45) is 5.73 Å². The monoisotopic (exact) mass is 244 g/mol. The largest absolute Gasteiger partial charge is 0.486 e. The molecule has 0 radical (unpaired) electrons. The normalized spacial score (nSPS) is 16.8. The number of H-pyrrole nitrogens is 1. The molecule has 4 N–H and O–H groups in total. The zero-order valence-electron chi connectivity index (χ0n) is 9.45. The van der Waals surface area contributed by atoms with Crippen molar-refractivity contribution in [2.75, 3.05) is 0 Å². The predicted octanol–water partition coefficient (Wildman–Crippen LogP) is 0.744. The lowest BCUT2D eigenvalue weighted by Gasteiger charge is -2.11. The van der Waals surface area contributed by atoms with E-state index in [2.05, 4.69) is 19.9 Å². The Morgan fingerprint density at radius 1 is 1.39 bits per heavy atom. The maximum atomic E-state index is 6.96. The summed E-state index contributed by atoms with van der Waals surface area (Å²) >= 11 is 0. The first-order valence-corrected chi connectivity index (χ1v) is 5.19. The lowest BCUT2D eigenvalue weighted by atomic mass is 10.3. The Hall–Kier alpha value is -2.70. The van der Waals surface area contributed by atoms with E-state index in [1.807, 2.05) is 0 Å². The van der Waals surface area contributed by atoms with Crippen LogP contribution in [0.5, 0.6) is 0 Å². The Morgan fingerprint density at radius 2 is 2.28 bits per heavy atom. The number of aromatic nitrogens is 4. The number of nitrogens with two attached hydrogens (primary N) is 1. The standard InChI is InChI=1S/C6H8N2O.C5H4N4/c7-6(8)5-3-1-2-4-9-5;1-4-5(8-2-6-1)9-3-7-4/h1-5H,(H3,7,8);1-3H,(H,6,7,8,9). The molecule has 1 aliphatic rings. The number of nitrogens with one attached hydrogen (secondary N) is 2. The molecule has 2 aromatic heterocycles. The van der Waals surface area contributed by atoms with Crippen molar-refractivity contribution < 1.29 is 4.74 Å². The Morgan fingerprint density at radius 3 is 2.89 bits per heavy atom. The molecular weight excluding hydrogens is 232 g/mol. The van der Waals surface area contributed by atoms with Gasteiger partial charge in [-0.3, -0.25) is 5.41 Å². The third-order valence-electron chi connectivity index (χ3n) is 2.11. The minimum Gasteiger partial charge on any atom is -0.486 e. The first-order valence-electron chi connectivity index (χ1n) is 5.19. The van der Waals surface area contributed by atoms with Gasteiger partial charge in [-0.25, -0.2) is 15.0 Å². The molecule has 1 aliphatic heterocycles. The summed E-state index contributed by atoms with van der Waals surface area (Å²) in [5.41, 5.74) is 6.73. The molecule has 18 heavy (non-hydrogen) atoms. The van der Waals surface area contributed by atoms with Crippen molar-refractivity contribution in [3.8, 4) is 0 Å². The van der Waals surface area contributed by atoms with Crippen LogP contribution in [-0.2, 0) is 4.74 Å². The maximum absolute atomic E-state index is 6.96. The van der Waals surface area contributed by atoms with E-state index in [0.29, 0.717) is 5.65 Å². The molecular formula is C11H12N6O. The first-order chi connectivity index (χ1) is 8.77. The number of hydrogen-bond acceptors (Lipinski definition) is 5. The number of aromatic amines is 1. The Kier molecular flexibility index (Phi) is 3.65. The van der Waals surface area contributed by atoms with Crippen LogP contribution in [0.3, 0.4) is 0 Å². The number of rotatable bonds is 1. The summed E-state index contributed by atoms with van der Waals surface area (Å²) in [6.07, 6.45) is 11.2. The summed E-state index contributed by atoms with van der Waals surface area (Å²) in [5.74, 6) is 0.0376. The van der Waals surface area contributed by atoms with Crippen LogP contribution < -0.4 is 5.73 Å². The highest BCUT2D eigenvalue weighted by Crippen LogP contribution is 2.00. The number of allylic oxidation sites excluding steroid dienone is 2. The van der Waals surface area contributed by atoms with E-state index in [-0.39, 0.29) is 11.9 Å². The van der Waals surface area contributed by atoms with E-state index in [4.69, 9.17) is 15.9 Å². The van der Waals surface area contributed by atoms with Gasteiger partial charge in [-0.05, 0) is 12.2 Å².